The van der Waals surface area contributed by atoms with Crippen LogP contribution in [0.5, 0.6) is 0 Å². The summed E-state index contributed by atoms with van der Waals surface area (Å²) in [4.78, 5) is 0. The molecule has 0 atom stereocenters. The number of nitrogen functional groups attached to an aromatic ring is 1. The van der Waals surface area contributed by atoms with Crippen molar-refractivity contribution < 1.29 is 26.3 Å². The molecule has 0 aliphatic heterocycles. The van der Waals surface area contributed by atoms with Gasteiger partial charge in [0.15, 0.2) is 0 Å². The summed E-state index contributed by atoms with van der Waals surface area (Å²) in [6, 6.07) is 12.2. The first-order chi connectivity index (χ1) is 17.0. The van der Waals surface area contributed by atoms with E-state index >= 15 is 0 Å². The quantitative estimate of drug-likeness (QED) is 0.241. The Labute approximate surface area is 209 Å². The highest BCUT2D eigenvalue weighted by Crippen LogP contribution is 2.32. The van der Waals surface area contributed by atoms with Crippen molar-refractivity contribution in [2.24, 2.45) is 5.73 Å². The lowest BCUT2D eigenvalue weighted by molar-refractivity contribution is -0.138. The largest absolute Gasteiger partial charge is 0.416 e. The van der Waals surface area contributed by atoms with Crippen LogP contribution in [0.25, 0.3) is 0 Å². The molecule has 0 aliphatic rings. The van der Waals surface area contributed by atoms with Gasteiger partial charge in [0.2, 0.25) is 0 Å². The molecule has 3 aromatic carbocycles. The Morgan fingerprint density at radius 3 is 1.97 bits per heavy atom. The standard InChI is InChI=1S/C16H18F2N2.C8H6F4.C2H6.CH5N/c1-2-7-20-16-12(9-13(17)10-14(16)18)8-11-5-3-4-6-15(11)19;1-5-2-3-6(9)4-7(5)8(10,11)12;2*1-2/h3-6,9-10,20H,2,7-8,19H2,1H3;2-4H,1H3;1-2H3;2H2,1H3. The molecule has 3 nitrogen and oxygen atoms in total. The highest BCUT2D eigenvalue weighted by molar-refractivity contribution is 5.57. The van der Waals surface area contributed by atoms with Crippen molar-refractivity contribution in [3.05, 3.63) is 94.3 Å². The lowest BCUT2D eigenvalue weighted by Crippen LogP contribution is -2.07. The summed E-state index contributed by atoms with van der Waals surface area (Å²) in [5, 5.41) is 3.02. The Hall–Kier alpha value is -3.20. The molecule has 0 saturated heterocycles. The minimum absolute atomic E-state index is 0.0314. The lowest BCUT2D eigenvalue weighted by atomic mass is 10.0. The number of hydrogen-bond donors (Lipinski definition) is 3. The van der Waals surface area contributed by atoms with E-state index in [0.717, 1.165) is 30.2 Å². The molecular weight excluding hydrogens is 480 g/mol. The maximum Gasteiger partial charge on any atom is 0.416 e. The molecule has 0 fully saturated rings. The summed E-state index contributed by atoms with van der Waals surface area (Å²) in [5.41, 5.74) is 11.9. The number of nitrogens with two attached hydrogens (primary N) is 2. The van der Waals surface area contributed by atoms with E-state index in [0.29, 0.717) is 36.0 Å². The van der Waals surface area contributed by atoms with Crippen LogP contribution in [0.3, 0.4) is 0 Å². The molecule has 0 aromatic heterocycles. The van der Waals surface area contributed by atoms with E-state index in [1.54, 1.807) is 6.07 Å². The first kappa shape index (κ1) is 32.8. The molecule has 0 saturated carbocycles. The van der Waals surface area contributed by atoms with E-state index in [-0.39, 0.29) is 5.56 Å². The third kappa shape index (κ3) is 10.6. The normalized spacial score (nSPS) is 10.1. The van der Waals surface area contributed by atoms with Gasteiger partial charge in [0.25, 0.3) is 0 Å². The zero-order valence-corrected chi connectivity index (χ0v) is 21.2. The average molecular weight is 516 g/mol. The van der Waals surface area contributed by atoms with Crippen molar-refractivity contribution in [3.8, 4) is 0 Å². The fraction of sp³-hybridized carbons (Fsp3) is 0.333. The van der Waals surface area contributed by atoms with Crippen LogP contribution < -0.4 is 16.8 Å². The molecular formula is C27H35F6N3. The molecule has 0 unspecified atom stereocenters. The second kappa shape index (κ2) is 16.5. The van der Waals surface area contributed by atoms with Gasteiger partial charge in [-0.1, -0.05) is 45.0 Å². The van der Waals surface area contributed by atoms with Gasteiger partial charge in [0.1, 0.15) is 17.5 Å². The van der Waals surface area contributed by atoms with Gasteiger partial charge >= 0.3 is 6.18 Å². The average Bonchev–Trinajstić information content (AvgIpc) is 2.84. The third-order valence-electron chi connectivity index (χ3n) is 4.63. The first-order valence-corrected chi connectivity index (χ1v) is 11.5. The number of benzene rings is 3. The molecule has 0 amide bonds. The van der Waals surface area contributed by atoms with E-state index in [1.807, 2.05) is 39.0 Å². The second-order valence-corrected chi connectivity index (χ2v) is 7.18. The van der Waals surface area contributed by atoms with Crippen molar-refractivity contribution in [1.82, 2.24) is 0 Å². The number of rotatable bonds is 5. The highest BCUT2D eigenvalue weighted by atomic mass is 19.4. The Bertz CT molecular complexity index is 1050. The maximum absolute atomic E-state index is 13.9. The Balaban J connectivity index is 0.000000655. The van der Waals surface area contributed by atoms with Gasteiger partial charge in [-0.2, -0.15) is 13.2 Å². The van der Waals surface area contributed by atoms with Crippen LogP contribution in [-0.2, 0) is 12.6 Å². The number of aryl methyl sites for hydroxylation is 1. The van der Waals surface area contributed by atoms with Crippen LogP contribution in [0.15, 0.2) is 54.6 Å². The number of nitrogens with one attached hydrogen (secondary N) is 1. The molecule has 0 heterocycles. The van der Waals surface area contributed by atoms with Crippen LogP contribution in [0.2, 0.25) is 0 Å². The van der Waals surface area contributed by atoms with E-state index in [2.05, 4.69) is 11.1 Å². The molecule has 0 radical (unpaired) electrons. The number of anilines is 2. The van der Waals surface area contributed by atoms with E-state index < -0.39 is 29.2 Å². The van der Waals surface area contributed by atoms with Crippen LogP contribution in [0.1, 0.15) is 49.4 Å². The van der Waals surface area contributed by atoms with Crippen LogP contribution in [-0.4, -0.2) is 13.6 Å². The van der Waals surface area contributed by atoms with Gasteiger partial charge < -0.3 is 16.8 Å². The molecule has 200 valence electrons. The lowest BCUT2D eigenvalue weighted by Gasteiger charge is -2.14. The fourth-order valence-electron chi connectivity index (χ4n) is 3.01. The predicted molar refractivity (Wildman–Crippen MR) is 136 cm³/mol. The Morgan fingerprint density at radius 1 is 0.833 bits per heavy atom. The summed E-state index contributed by atoms with van der Waals surface area (Å²) in [5.74, 6) is -2.01. The highest BCUT2D eigenvalue weighted by Gasteiger charge is 2.32. The van der Waals surface area contributed by atoms with Crippen molar-refractivity contribution >= 4 is 11.4 Å². The summed E-state index contributed by atoms with van der Waals surface area (Å²) in [7, 11) is 1.50. The number of alkyl halides is 3. The third-order valence-corrected chi connectivity index (χ3v) is 4.63. The summed E-state index contributed by atoms with van der Waals surface area (Å²) >= 11 is 0. The molecule has 3 aromatic rings. The number of para-hydroxylation sites is 1. The zero-order chi connectivity index (χ0) is 27.9. The number of hydrogen-bond acceptors (Lipinski definition) is 3. The van der Waals surface area contributed by atoms with Crippen LogP contribution in [0, 0.1) is 24.4 Å². The minimum atomic E-state index is -4.47. The van der Waals surface area contributed by atoms with Gasteiger partial charge in [0.05, 0.1) is 11.3 Å². The van der Waals surface area contributed by atoms with Gasteiger partial charge in [-0.05, 0) is 61.3 Å². The van der Waals surface area contributed by atoms with Crippen molar-refractivity contribution in [1.29, 1.82) is 0 Å². The summed E-state index contributed by atoms with van der Waals surface area (Å²) in [6.07, 6.45) is -3.21. The number of halogens is 6. The topological polar surface area (TPSA) is 64.1 Å². The molecule has 9 heteroatoms. The van der Waals surface area contributed by atoms with Crippen LogP contribution >= 0.6 is 0 Å². The predicted octanol–water partition coefficient (Wildman–Crippen LogP) is 7.71. The second-order valence-electron chi connectivity index (χ2n) is 7.18. The Kier molecular flexibility index (Phi) is 15.0. The van der Waals surface area contributed by atoms with Gasteiger partial charge in [-0.3, -0.25) is 0 Å². The summed E-state index contributed by atoms with van der Waals surface area (Å²) in [6.45, 7) is 7.92. The zero-order valence-electron chi connectivity index (χ0n) is 21.2. The Morgan fingerprint density at radius 2 is 1.44 bits per heavy atom. The molecule has 0 spiro atoms. The fourth-order valence-corrected chi connectivity index (χ4v) is 3.01. The minimum Gasteiger partial charge on any atom is -0.398 e. The smallest absolute Gasteiger partial charge is 0.398 e. The maximum atomic E-state index is 13.9. The monoisotopic (exact) mass is 515 g/mol. The van der Waals surface area contributed by atoms with Crippen molar-refractivity contribution in [2.45, 2.75) is 46.7 Å². The van der Waals surface area contributed by atoms with Gasteiger partial charge in [0, 0.05) is 24.7 Å². The van der Waals surface area contributed by atoms with Crippen molar-refractivity contribution in [2.75, 3.05) is 24.6 Å². The molecule has 36 heavy (non-hydrogen) atoms. The summed E-state index contributed by atoms with van der Waals surface area (Å²) < 4.78 is 75.9. The SMILES string of the molecule is CC.CCCNc1c(F)cc(F)cc1Cc1ccccc1N.CN.Cc1ccc(F)cc1C(F)(F)F. The molecule has 0 bridgehead atoms. The molecule has 5 N–H and O–H groups in total. The molecule has 0 aliphatic carbocycles. The van der Waals surface area contributed by atoms with Crippen molar-refractivity contribution in [3.63, 3.8) is 0 Å². The first-order valence-electron chi connectivity index (χ1n) is 11.5. The molecule has 3 rings (SSSR count). The van der Waals surface area contributed by atoms with Gasteiger partial charge in [-0.25, -0.2) is 13.2 Å². The van der Waals surface area contributed by atoms with E-state index in [9.17, 15) is 26.3 Å². The van der Waals surface area contributed by atoms with E-state index in [1.165, 1.54) is 20.0 Å². The van der Waals surface area contributed by atoms with Crippen LogP contribution in [0.4, 0.5) is 37.7 Å². The van der Waals surface area contributed by atoms with Gasteiger partial charge in [-0.15, -0.1) is 0 Å². The van der Waals surface area contributed by atoms with E-state index in [4.69, 9.17) is 5.73 Å².